The highest BCUT2D eigenvalue weighted by molar-refractivity contribution is 7.96. The Kier molecular flexibility index (Phi) is 7.40. The second-order valence-electron chi connectivity index (χ2n) is 6.93. The number of rotatable bonds is 8. The van der Waals surface area contributed by atoms with Gasteiger partial charge in [0.2, 0.25) is 0 Å². The summed E-state index contributed by atoms with van der Waals surface area (Å²) in [6.07, 6.45) is 1.97. The van der Waals surface area contributed by atoms with E-state index in [1.54, 1.807) is 0 Å². The highest BCUT2D eigenvalue weighted by Crippen LogP contribution is 2.46. The second-order valence-corrected chi connectivity index (χ2v) is 10.3. The summed E-state index contributed by atoms with van der Waals surface area (Å²) in [5.41, 5.74) is 0. The molecule has 0 aliphatic carbocycles. The Bertz CT molecular complexity index is 1020. The maximum absolute atomic E-state index is 13.4. The number of carbonyl (C=O) groups is 1. The molecule has 0 bridgehead atoms. The van der Waals surface area contributed by atoms with Crippen LogP contribution in [0.15, 0.2) is 91.0 Å². The Morgan fingerprint density at radius 2 is 1.13 bits per heavy atom. The first-order valence-electron chi connectivity index (χ1n) is 9.98. The van der Waals surface area contributed by atoms with Gasteiger partial charge in [0.05, 0.1) is 6.07 Å². The van der Waals surface area contributed by atoms with Crippen molar-refractivity contribution in [2.24, 2.45) is 0 Å². The van der Waals surface area contributed by atoms with Crippen LogP contribution in [0.5, 0.6) is 0 Å². The Morgan fingerprint density at radius 3 is 1.50 bits per heavy atom. The Hall–Kier alpha value is -3.39. The van der Waals surface area contributed by atoms with Crippen molar-refractivity contribution in [2.75, 3.05) is 0 Å². The van der Waals surface area contributed by atoms with Gasteiger partial charge in [-0.3, -0.25) is 4.79 Å². The van der Waals surface area contributed by atoms with E-state index in [2.05, 4.69) is 12.1 Å². The number of unbranched alkanes of at least 4 members (excludes halogenated alkanes) is 2. The van der Waals surface area contributed by atoms with Crippen molar-refractivity contribution in [3.8, 4) is 12.1 Å². The predicted octanol–water partition coefficient (Wildman–Crippen LogP) is 4.33. The van der Waals surface area contributed by atoms with Crippen LogP contribution in [0.25, 0.3) is 0 Å². The maximum Gasteiger partial charge on any atom is 0.174 e. The minimum Gasteiger partial charge on any atom is -0.293 e. The van der Waals surface area contributed by atoms with E-state index in [0.717, 1.165) is 15.9 Å². The average Bonchev–Trinajstić information content (AvgIpc) is 2.82. The van der Waals surface area contributed by atoms with E-state index in [9.17, 15) is 10.1 Å². The lowest BCUT2D eigenvalue weighted by atomic mass is 10.1. The zero-order valence-corrected chi connectivity index (χ0v) is 17.6. The van der Waals surface area contributed by atoms with Crippen LogP contribution in [-0.4, -0.2) is 11.1 Å². The summed E-state index contributed by atoms with van der Waals surface area (Å²) >= 11 is 0. The number of nitrogens with zero attached hydrogens (tertiary/aromatic N) is 2. The van der Waals surface area contributed by atoms with Crippen LogP contribution in [0.1, 0.15) is 25.7 Å². The van der Waals surface area contributed by atoms with Crippen molar-refractivity contribution in [2.45, 2.75) is 25.7 Å². The van der Waals surface area contributed by atoms with Gasteiger partial charge in [0.1, 0.15) is 11.4 Å². The van der Waals surface area contributed by atoms with Crippen LogP contribution in [-0.2, 0) is 4.79 Å². The first kappa shape index (κ1) is 21.3. The Labute approximate surface area is 178 Å². The minimum absolute atomic E-state index is 0.125. The SMILES string of the molecule is N#CCCCCC(=O)C(C#N)=P(c1ccccc1)(c1ccccc1)c1ccccc1. The van der Waals surface area contributed by atoms with Gasteiger partial charge in [-0.1, -0.05) is 91.0 Å². The molecule has 0 aliphatic rings. The molecule has 0 atom stereocenters. The first-order chi connectivity index (χ1) is 14.7. The van der Waals surface area contributed by atoms with Crippen LogP contribution in [0.3, 0.4) is 0 Å². The molecule has 4 heteroatoms. The van der Waals surface area contributed by atoms with Crippen LogP contribution in [0.4, 0.5) is 0 Å². The van der Waals surface area contributed by atoms with Crippen LogP contribution in [0, 0.1) is 22.7 Å². The van der Waals surface area contributed by atoms with E-state index in [0.29, 0.717) is 24.6 Å². The third-order valence-electron chi connectivity index (χ3n) is 5.08. The Morgan fingerprint density at radius 1 is 0.700 bits per heavy atom. The summed E-state index contributed by atoms with van der Waals surface area (Å²) < 4.78 is 0. The smallest absolute Gasteiger partial charge is 0.174 e. The molecular formula is C26H23N2OP. The molecule has 0 spiro atoms. The molecule has 0 saturated heterocycles. The van der Waals surface area contributed by atoms with Crippen molar-refractivity contribution in [1.82, 2.24) is 0 Å². The molecule has 0 aliphatic heterocycles. The quantitative estimate of drug-likeness (QED) is 0.410. The summed E-state index contributed by atoms with van der Waals surface area (Å²) in [5, 5.41) is 22.4. The number of hydrogen-bond acceptors (Lipinski definition) is 3. The summed E-state index contributed by atoms with van der Waals surface area (Å²) in [4.78, 5) is 13.4. The van der Waals surface area contributed by atoms with E-state index >= 15 is 0 Å². The van der Waals surface area contributed by atoms with Gasteiger partial charge in [-0.2, -0.15) is 10.5 Å². The number of benzene rings is 3. The third kappa shape index (κ3) is 4.28. The average molecular weight is 410 g/mol. The standard InChI is InChI=1S/C26H23N2OP/c27-20-12-4-11-19-25(29)26(21-28)30(22-13-5-1-6-14-22,23-15-7-2-8-16-23)24-17-9-3-10-18-24/h1-3,5-10,13-18H,4,11-12,19H2. The molecule has 0 fully saturated rings. The van der Waals surface area contributed by atoms with Gasteiger partial charge in [0.15, 0.2) is 5.78 Å². The second kappa shape index (κ2) is 10.4. The summed E-state index contributed by atoms with van der Waals surface area (Å²) in [6, 6.07) is 34.2. The lowest BCUT2D eigenvalue weighted by Gasteiger charge is -2.30. The molecule has 3 rings (SSSR count). The number of nitriles is 2. The topological polar surface area (TPSA) is 64.7 Å². The molecule has 0 N–H and O–H groups in total. The van der Waals surface area contributed by atoms with E-state index in [1.165, 1.54) is 0 Å². The lowest BCUT2D eigenvalue weighted by Crippen LogP contribution is -2.33. The largest absolute Gasteiger partial charge is 0.293 e. The van der Waals surface area contributed by atoms with Crippen LogP contribution >= 0.6 is 6.89 Å². The summed E-state index contributed by atoms with van der Waals surface area (Å²) in [6.45, 7) is -2.63. The number of ketones is 1. The fourth-order valence-corrected chi connectivity index (χ4v) is 7.88. The van der Waals surface area contributed by atoms with Crippen molar-refractivity contribution in [3.63, 3.8) is 0 Å². The van der Waals surface area contributed by atoms with E-state index < -0.39 is 6.89 Å². The van der Waals surface area contributed by atoms with Gasteiger partial charge in [0, 0.05) is 12.8 Å². The summed E-state index contributed by atoms with van der Waals surface area (Å²) in [7, 11) is 0. The zero-order valence-electron chi connectivity index (χ0n) is 16.7. The van der Waals surface area contributed by atoms with Crippen LogP contribution in [0.2, 0.25) is 0 Å². The normalized spacial score (nSPS) is 10.6. The van der Waals surface area contributed by atoms with Gasteiger partial charge >= 0.3 is 0 Å². The Balaban J connectivity index is 2.36. The minimum atomic E-state index is -2.63. The van der Waals surface area contributed by atoms with E-state index in [-0.39, 0.29) is 12.2 Å². The number of hydrogen-bond donors (Lipinski definition) is 0. The number of carbonyl (C=O) groups excluding carboxylic acids is 1. The van der Waals surface area contributed by atoms with Crippen molar-refractivity contribution in [3.05, 3.63) is 91.0 Å². The van der Waals surface area contributed by atoms with Gasteiger partial charge in [-0.15, -0.1) is 0 Å². The number of Topliss-reactive ketones (excluding diaryl/α,β-unsaturated/α-hetero) is 1. The molecule has 0 heterocycles. The molecule has 3 aromatic rings. The molecule has 0 saturated carbocycles. The fraction of sp³-hybridized carbons (Fsp3) is 0.154. The van der Waals surface area contributed by atoms with Gasteiger partial charge < -0.3 is 0 Å². The van der Waals surface area contributed by atoms with Crippen LogP contribution < -0.4 is 15.9 Å². The zero-order chi connectivity index (χ0) is 21.2. The van der Waals surface area contributed by atoms with Gasteiger partial charge in [-0.05, 0) is 35.6 Å². The van der Waals surface area contributed by atoms with Crippen molar-refractivity contribution < 1.29 is 4.79 Å². The molecule has 3 aromatic carbocycles. The lowest BCUT2D eigenvalue weighted by molar-refractivity contribution is -0.112. The molecule has 3 nitrogen and oxygen atoms in total. The molecular weight excluding hydrogens is 387 g/mol. The predicted molar refractivity (Wildman–Crippen MR) is 125 cm³/mol. The third-order valence-corrected chi connectivity index (χ3v) is 9.32. The molecule has 30 heavy (non-hydrogen) atoms. The molecule has 148 valence electrons. The molecule has 0 amide bonds. The fourth-order valence-electron chi connectivity index (χ4n) is 3.72. The monoisotopic (exact) mass is 410 g/mol. The molecule has 0 aromatic heterocycles. The van der Waals surface area contributed by atoms with Crippen molar-refractivity contribution >= 4 is 33.9 Å². The van der Waals surface area contributed by atoms with Crippen molar-refractivity contribution in [1.29, 1.82) is 10.5 Å². The highest BCUT2D eigenvalue weighted by Gasteiger charge is 2.32. The summed E-state index contributed by atoms with van der Waals surface area (Å²) in [5.74, 6) is -0.125. The first-order valence-corrected chi connectivity index (χ1v) is 11.8. The molecule has 0 unspecified atom stereocenters. The van der Waals surface area contributed by atoms with Gasteiger partial charge in [0.25, 0.3) is 0 Å². The molecule has 0 radical (unpaired) electrons. The van der Waals surface area contributed by atoms with Gasteiger partial charge in [-0.25, -0.2) is 0 Å². The highest BCUT2D eigenvalue weighted by atomic mass is 31.2. The van der Waals surface area contributed by atoms with E-state index in [4.69, 9.17) is 5.26 Å². The maximum atomic E-state index is 13.4. The van der Waals surface area contributed by atoms with E-state index in [1.807, 2.05) is 91.0 Å².